The van der Waals surface area contributed by atoms with Gasteiger partial charge in [0.15, 0.2) is 14.9 Å². The van der Waals surface area contributed by atoms with Crippen LogP contribution in [0, 0.1) is 0 Å². The van der Waals surface area contributed by atoms with Gasteiger partial charge in [-0.1, -0.05) is 19.1 Å². The number of sulfone groups is 1. The van der Waals surface area contributed by atoms with Gasteiger partial charge >= 0.3 is 0 Å². The Labute approximate surface area is 178 Å². The Morgan fingerprint density at radius 1 is 1.10 bits per heavy atom. The third kappa shape index (κ3) is 6.18. The normalized spacial score (nSPS) is 15.7. The van der Waals surface area contributed by atoms with Gasteiger partial charge in [-0.25, -0.2) is 8.42 Å². The van der Waals surface area contributed by atoms with E-state index < -0.39 is 9.84 Å². The Morgan fingerprint density at radius 2 is 1.72 bits per heavy atom. The number of hydrogen-bond acceptors (Lipinski definition) is 4. The van der Waals surface area contributed by atoms with E-state index in [4.69, 9.17) is 17.0 Å². The van der Waals surface area contributed by atoms with Gasteiger partial charge in [-0.15, -0.1) is 0 Å². The maximum Gasteiger partial charge on any atom is 0.175 e. The minimum Gasteiger partial charge on any atom is -0.490 e. The predicted octanol–water partition coefficient (Wildman–Crippen LogP) is 4.85. The van der Waals surface area contributed by atoms with E-state index >= 15 is 0 Å². The van der Waals surface area contributed by atoms with E-state index in [0.717, 1.165) is 36.3 Å². The predicted molar refractivity (Wildman–Crippen MR) is 121 cm³/mol. The van der Waals surface area contributed by atoms with Crippen molar-refractivity contribution < 1.29 is 13.2 Å². The van der Waals surface area contributed by atoms with Crippen molar-refractivity contribution in [3.63, 3.8) is 0 Å². The van der Waals surface area contributed by atoms with Crippen molar-refractivity contribution in [3.8, 4) is 5.75 Å². The summed E-state index contributed by atoms with van der Waals surface area (Å²) in [4.78, 5) is 0.316. The maximum atomic E-state index is 11.6. The third-order valence-corrected chi connectivity index (χ3v) is 6.49. The lowest BCUT2D eigenvalue weighted by Crippen LogP contribution is -2.32. The number of thiocarbonyl (C=S) groups is 1. The number of benzene rings is 2. The van der Waals surface area contributed by atoms with Gasteiger partial charge in [0.1, 0.15) is 5.75 Å². The molecule has 2 N–H and O–H groups in total. The van der Waals surface area contributed by atoms with Crippen molar-refractivity contribution in [2.75, 3.05) is 11.6 Å². The fourth-order valence-corrected chi connectivity index (χ4v) is 4.40. The second kappa shape index (κ2) is 9.59. The average molecular weight is 433 g/mol. The summed E-state index contributed by atoms with van der Waals surface area (Å²) in [6.07, 6.45) is 7.14. The molecule has 1 saturated carbocycles. The molecule has 1 aliphatic carbocycles. The summed E-state index contributed by atoms with van der Waals surface area (Å²) >= 11 is 5.46. The molecule has 1 atom stereocenters. The van der Waals surface area contributed by atoms with Gasteiger partial charge in [0.2, 0.25) is 0 Å². The lowest BCUT2D eigenvalue weighted by molar-refractivity contribution is 0.210. The first-order valence-corrected chi connectivity index (χ1v) is 12.3. The van der Waals surface area contributed by atoms with Crippen LogP contribution in [0.1, 0.15) is 50.6 Å². The van der Waals surface area contributed by atoms with Gasteiger partial charge in [0.25, 0.3) is 0 Å². The summed E-state index contributed by atoms with van der Waals surface area (Å²) < 4.78 is 29.2. The summed E-state index contributed by atoms with van der Waals surface area (Å²) in [7, 11) is -3.20. The standard InChI is InChI=1S/C22H28N2O3S2/c1-3-21(16-8-14-20(15-9-16)29(2,25)26)24-22(28)23-17-10-12-19(13-11-17)27-18-6-4-5-7-18/h8-15,18,21H,3-7H2,1-2H3,(H2,23,24,28)/t21-/m1/s1. The molecule has 5 nitrogen and oxygen atoms in total. The first-order valence-electron chi connectivity index (χ1n) is 9.99. The van der Waals surface area contributed by atoms with Crippen LogP contribution in [-0.2, 0) is 9.84 Å². The number of anilines is 1. The Hall–Kier alpha value is -2.12. The van der Waals surface area contributed by atoms with Crippen LogP contribution >= 0.6 is 12.2 Å². The Morgan fingerprint density at radius 3 is 2.28 bits per heavy atom. The van der Waals surface area contributed by atoms with Crippen molar-refractivity contribution in [2.45, 2.75) is 56.1 Å². The number of nitrogens with one attached hydrogen (secondary N) is 2. The number of rotatable bonds is 7. The zero-order valence-electron chi connectivity index (χ0n) is 16.9. The van der Waals surface area contributed by atoms with E-state index in [1.165, 1.54) is 19.1 Å². The average Bonchev–Trinajstić information content (AvgIpc) is 3.20. The molecule has 156 valence electrons. The van der Waals surface area contributed by atoms with Crippen LogP contribution in [0.15, 0.2) is 53.4 Å². The van der Waals surface area contributed by atoms with E-state index in [1.54, 1.807) is 12.1 Å². The maximum absolute atomic E-state index is 11.6. The van der Waals surface area contributed by atoms with Crippen molar-refractivity contribution in [1.29, 1.82) is 0 Å². The molecular weight excluding hydrogens is 404 g/mol. The molecule has 0 amide bonds. The zero-order valence-corrected chi connectivity index (χ0v) is 18.5. The molecule has 29 heavy (non-hydrogen) atoms. The highest BCUT2D eigenvalue weighted by atomic mass is 32.2. The largest absolute Gasteiger partial charge is 0.490 e. The number of hydrogen-bond donors (Lipinski definition) is 2. The molecule has 0 heterocycles. The number of ether oxygens (including phenoxy) is 1. The van der Waals surface area contributed by atoms with Gasteiger partial charge in [-0.2, -0.15) is 0 Å². The van der Waals surface area contributed by atoms with E-state index in [0.29, 0.717) is 16.1 Å². The second-order valence-electron chi connectivity index (χ2n) is 7.45. The lowest BCUT2D eigenvalue weighted by Gasteiger charge is -2.20. The molecule has 3 rings (SSSR count). The molecule has 0 aromatic heterocycles. The fraction of sp³-hybridized carbons (Fsp3) is 0.409. The summed E-state index contributed by atoms with van der Waals surface area (Å²) in [5, 5.41) is 7.03. The molecule has 0 saturated heterocycles. The van der Waals surface area contributed by atoms with Gasteiger partial charge in [-0.3, -0.25) is 0 Å². The minimum absolute atomic E-state index is 0.00594. The highest BCUT2D eigenvalue weighted by molar-refractivity contribution is 7.90. The van der Waals surface area contributed by atoms with Crippen molar-refractivity contribution in [3.05, 3.63) is 54.1 Å². The van der Waals surface area contributed by atoms with Crippen LogP contribution in [0.4, 0.5) is 5.69 Å². The summed E-state index contributed by atoms with van der Waals surface area (Å²) in [6, 6.07) is 14.8. The quantitative estimate of drug-likeness (QED) is 0.610. The van der Waals surface area contributed by atoms with Crippen LogP contribution in [0.25, 0.3) is 0 Å². The smallest absolute Gasteiger partial charge is 0.175 e. The van der Waals surface area contributed by atoms with Gasteiger partial charge in [0.05, 0.1) is 17.0 Å². The van der Waals surface area contributed by atoms with Gasteiger partial charge < -0.3 is 15.4 Å². The highest BCUT2D eigenvalue weighted by Gasteiger charge is 2.16. The van der Waals surface area contributed by atoms with E-state index in [-0.39, 0.29) is 6.04 Å². The molecule has 7 heteroatoms. The molecule has 0 aliphatic heterocycles. The van der Waals surface area contributed by atoms with E-state index in [9.17, 15) is 8.42 Å². The lowest BCUT2D eigenvalue weighted by atomic mass is 10.1. The second-order valence-corrected chi connectivity index (χ2v) is 9.87. The van der Waals surface area contributed by atoms with Gasteiger partial charge in [-0.05, 0) is 86.3 Å². The monoisotopic (exact) mass is 432 g/mol. The van der Waals surface area contributed by atoms with Crippen molar-refractivity contribution in [1.82, 2.24) is 5.32 Å². The minimum atomic E-state index is -3.20. The zero-order chi connectivity index (χ0) is 20.9. The van der Waals surface area contributed by atoms with E-state index in [2.05, 4.69) is 17.6 Å². The molecule has 0 spiro atoms. The topological polar surface area (TPSA) is 67.4 Å². The highest BCUT2D eigenvalue weighted by Crippen LogP contribution is 2.25. The Balaban J connectivity index is 1.56. The molecule has 1 fully saturated rings. The SMILES string of the molecule is CC[C@@H](NC(=S)Nc1ccc(OC2CCCC2)cc1)c1ccc(S(C)(=O)=O)cc1. The molecule has 1 aliphatic rings. The van der Waals surface area contributed by atoms with Crippen LogP contribution < -0.4 is 15.4 Å². The summed E-state index contributed by atoms with van der Waals surface area (Å²) in [6.45, 7) is 2.06. The first kappa shape index (κ1) is 21.6. The first-order chi connectivity index (χ1) is 13.8. The van der Waals surface area contributed by atoms with Crippen LogP contribution in [-0.4, -0.2) is 25.9 Å². The molecular formula is C22H28N2O3S2. The van der Waals surface area contributed by atoms with E-state index in [1.807, 2.05) is 36.4 Å². The summed E-state index contributed by atoms with van der Waals surface area (Å²) in [5.41, 5.74) is 1.88. The third-order valence-electron chi connectivity index (χ3n) is 5.14. The molecule has 0 bridgehead atoms. The van der Waals surface area contributed by atoms with Crippen LogP contribution in [0.3, 0.4) is 0 Å². The van der Waals surface area contributed by atoms with Gasteiger partial charge in [0, 0.05) is 11.9 Å². The Bertz CT molecular complexity index is 920. The van der Waals surface area contributed by atoms with Crippen LogP contribution in [0.5, 0.6) is 5.75 Å². The van der Waals surface area contributed by atoms with Crippen LogP contribution in [0.2, 0.25) is 0 Å². The molecule has 2 aromatic carbocycles. The molecule has 2 aromatic rings. The van der Waals surface area contributed by atoms with Crippen molar-refractivity contribution >= 4 is 32.9 Å². The molecule has 0 unspecified atom stereocenters. The Kier molecular flexibility index (Phi) is 7.14. The molecule has 0 radical (unpaired) electrons. The van der Waals surface area contributed by atoms with Crippen molar-refractivity contribution in [2.24, 2.45) is 0 Å². The fourth-order valence-electron chi connectivity index (χ4n) is 3.51. The summed E-state index contributed by atoms with van der Waals surface area (Å²) in [5.74, 6) is 0.888.